The lowest BCUT2D eigenvalue weighted by Gasteiger charge is -2.29. The van der Waals surface area contributed by atoms with Gasteiger partial charge >= 0.3 is 0 Å². The van der Waals surface area contributed by atoms with E-state index in [9.17, 15) is 9.59 Å². The van der Waals surface area contributed by atoms with Crippen LogP contribution in [-0.2, 0) is 16.1 Å². The molecular weight excluding hydrogens is 198 g/mol. The van der Waals surface area contributed by atoms with Crippen LogP contribution in [0.2, 0.25) is 0 Å². The molecule has 1 unspecified atom stereocenters. The lowest BCUT2D eigenvalue weighted by molar-refractivity contribution is -0.144. The number of piperazine rings is 1. The van der Waals surface area contributed by atoms with Crippen molar-refractivity contribution in [2.45, 2.75) is 19.5 Å². The molecule has 2 rings (SSSR count). The fourth-order valence-electron chi connectivity index (χ4n) is 1.52. The number of rotatable bonds is 2. The van der Waals surface area contributed by atoms with Gasteiger partial charge in [-0.2, -0.15) is 0 Å². The van der Waals surface area contributed by atoms with Crippen molar-refractivity contribution in [2.24, 2.45) is 0 Å². The summed E-state index contributed by atoms with van der Waals surface area (Å²) >= 11 is 0. The van der Waals surface area contributed by atoms with E-state index < -0.39 is 6.04 Å². The van der Waals surface area contributed by atoms with Crippen molar-refractivity contribution < 1.29 is 14.1 Å². The lowest BCUT2D eigenvalue weighted by atomic mass is 10.2. The van der Waals surface area contributed by atoms with Crippen LogP contribution in [0.3, 0.4) is 0 Å². The van der Waals surface area contributed by atoms with Gasteiger partial charge in [0, 0.05) is 6.07 Å². The van der Waals surface area contributed by atoms with Gasteiger partial charge in [0.2, 0.25) is 11.8 Å². The smallest absolute Gasteiger partial charge is 0.245 e. The van der Waals surface area contributed by atoms with Gasteiger partial charge in [0.25, 0.3) is 0 Å². The minimum atomic E-state index is -0.460. The zero-order valence-corrected chi connectivity index (χ0v) is 8.27. The highest BCUT2D eigenvalue weighted by atomic mass is 16.5. The van der Waals surface area contributed by atoms with E-state index in [0.717, 1.165) is 0 Å². The second-order valence-corrected chi connectivity index (χ2v) is 3.47. The van der Waals surface area contributed by atoms with Gasteiger partial charge in [-0.25, -0.2) is 0 Å². The molecule has 0 aromatic carbocycles. The average molecular weight is 209 g/mol. The van der Waals surface area contributed by atoms with E-state index in [1.165, 1.54) is 11.2 Å². The molecule has 0 spiro atoms. The van der Waals surface area contributed by atoms with Crippen LogP contribution >= 0.6 is 0 Å². The molecule has 1 aliphatic heterocycles. The maximum absolute atomic E-state index is 11.6. The Morgan fingerprint density at radius 2 is 2.47 bits per heavy atom. The van der Waals surface area contributed by atoms with Crippen LogP contribution in [0.25, 0.3) is 0 Å². The van der Waals surface area contributed by atoms with Crippen molar-refractivity contribution in [3.63, 3.8) is 0 Å². The Hall–Kier alpha value is -1.85. The van der Waals surface area contributed by atoms with Gasteiger partial charge in [-0.3, -0.25) is 9.59 Å². The number of nitrogens with one attached hydrogen (secondary N) is 1. The fourth-order valence-corrected chi connectivity index (χ4v) is 1.52. The standard InChI is InChI=1S/C9H11N3O3/c1-6-9(14)12(5-8(13)10-6)4-7-2-3-15-11-7/h2-3,6H,4-5H2,1H3,(H,10,13). The number of aromatic nitrogens is 1. The fraction of sp³-hybridized carbons (Fsp3) is 0.444. The Morgan fingerprint density at radius 1 is 1.67 bits per heavy atom. The molecule has 1 atom stereocenters. The normalized spacial score (nSPS) is 21.7. The zero-order valence-electron chi connectivity index (χ0n) is 8.27. The predicted molar refractivity (Wildman–Crippen MR) is 49.5 cm³/mol. The molecule has 1 aliphatic rings. The van der Waals surface area contributed by atoms with Gasteiger partial charge in [-0.15, -0.1) is 0 Å². The van der Waals surface area contributed by atoms with Gasteiger partial charge in [0.05, 0.1) is 6.54 Å². The largest absolute Gasteiger partial charge is 0.364 e. The molecule has 2 amide bonds. The highest BCUT2D eigenvalue weighted by Crippen LogP contribution is 2.07. The van der Waals surface area contributed by atoms with Crippen molar-refractivity contribution in [2.75, 3.05) is 6.54 Å². The number of hydrogen-bond donors (Lipinski definition) is 1. The zero-order chi connectivity index (χ0) is 10.8. The lowest BCUT2D eigenvalue weighted by Crippen LogP contribution is -2.56. The van der Waals surface area contributed by atoms with Gasteiger partial charge in [0.1, 0.15) is 24.5 Å². The highest BCUT2D eigenvalue weighted by Gasteiger charge is 2.29. The molecule has 2 heterocycles. The van der Waals surface area contributed by atoms with E-state index in [2.05, 4.69) is 15.0 Å². The molecule has 1 N–H and O–H groups in total. The Labute approximate surface area is 86.2 Å². The summed E-state index contributed by atoms with van der Waals surface area (Å²) in [4.78, 5) is 24.3. The number of carbonyl (C=O) groups is 2. The molecule has 80 valence electrons. The summed E-state index contributed by atoms with van der Waals surface area (Å²) in [6, 6.07) is 1.21. The van der Waals surface area contributed by atoms with Crippen molar-refractivity contribution in [1.82, 2.24) is 15.4 Å². The SMILES string of the molecule is CC1NC(=O)CN(Cc2ccon2)C1=O. The van der Waals surface area contributed by atoms with Crippen molar-refractivity contribution in [3.8, 4) is 0 Å². The van der Waals surface area contributed by atoms with Gasteiger partial charge in [-0.05, 0) is 6.92 Å². The molecule has 1 fully saturated rings. The summed E-state index contributed by atoms with van der Waals surface area (Å²) in [5.74, 6) is -0.247. The van der Waals surface area contributed by atoms with E-state index in [-0.39, 0.29) is 18.4 Å². The van der Waals surface area contributed by atoms with E-state index in [1.807, 2.05) is 0 Å². The van der Waals surface area contributed by atoms with Crippen LogP contribution in [0.1, 0.15) is 12.6 Å². The van der Waals surface area contributed by atoms with E-state index in [4.69, 9.17) is 0 Å². The topological polar surface area (TPSA) is 75.4 Å². The van der Waals surface area contributed by atoms with E-state index in [0.29, 0.717) is 12.2 Å². The Kier molecular flexibility index (Phi) is 2.40. The first-order valence-electron chi connectivity index (χ1n) is 4.64. The van der Waals surface area contributed by atoms with Crippen LogP contribution in [-0.4, -0.2) is 34.5 Å². The predicted octanol–water partition coefficient (Wildman–Crippen LogP) is -0.479. The third kappa shape index (κ3) is 1.98. The van der Waals surface area contributed by atoms with Gasteiger partial charge < -0.3 is 14.7 Å². The number of amides is 2. The molecule has 6 heteroatoms. The second kappa shape index (κ2) is 3.72. The molecular formula is C9H11N3O3. The molecule has 6 nitrogen and oxygen atoms in total. The van der Waals surface area contributed by atoms with Gasteiger partial charge in [-0.1, -0.05) is 5.16 Å². The summed E-state index contributed by atoms with van der Waals surface area (Å²) in [5, 5.41) is 6.26. The monoisotopic (exact) mass is 209 g/mol. The summed E-state index contributed by atoms with van der Waals surface area (Å²) in [6.07, 6.45) is 1.44. The summed E-state index contributed by atoms with van der Waals surface area (Å²) in [7, 11) is 0. The summed E-state index contributed by atoms with van der Waals surface area (Å²) < 4.78 is 4.66. The molecule has 1 aromatic heterocycles. The quantitative estimate of drug-likeness (QED) is 0.714. The average Bonchev–Trinajstić information content (AvgIpc) is 2.66. The Bertz CT molecular complexity index is 374. The highest BCUT2D eigenvalue weighted by molar-refractivity contribution is 5.94. The minimum Gasteiger partial charge on any atom is -0.364 e. The van der Waals surface area contributed by atoms with Crippen molar-refractivity contribution in [1.29, 1.82) is 0 Å². The van der Waals surface area contributed by atoms with Crippen LogP contribution in [0.5, 0.6) is 0 Å². The molecule has 0 radical (unpaired) electrons. The third-order valence-corrected chi connectivity index (χ3v) is 2.24. The molecule has 0 saturated carbocycles. The molecule has 1 aromatic rings. The molecule has 15 heavy (non-hydrogen) atoms. The van der Waals surface area contributed by atoms with Crippen LogP contribution in [0.15, 0.2) is 16.9 Å². The first-order valence-corrected chi connectivity index (χ1v) is 4.64. The first-order chi connectivity index (χ1) is 7.16. The Balaban J connectivity index is 2.07. The van der Waals surface area contributed by atoms with Gasteiger partial charge in [0.15, 0.2) is 0 Å². The summed E-state index contributed by atoms with van der Waals surface area (Å²) in [5.41, 5.74) is 0.644. The molecule has 0 aliphatic carbocycles. The number of carbonyl (C=O) groups excluding carboxylic acids is 2. The number of nitrogens with zero attached hydrogens (tertiary/aromatic N) is 2. The maximum atomic E-state index is 11.6. The van der Waals surface area contributed by atoms with Crippen LogP contribution in [0, 0.1) is 0 Å². The van der Waals surface area contributed by atoms with Crippen molar-refractivity contribution in [3.05, 3.63) is 18.0 Å². The van der Waals surface area contributed by atoms with Crippen LogP contribution in [0.4, 0.5) is 0 Å². The summed E-state index contributed by atoms with van der Waals surface area (Å²) in [6.45, 7) is 2.05. The minimum absolute atomic E-state index is 0.0794. The number of hydrogen-bond acceptors (Lipinski definition) is 4. The van der Waals surface area contributed by atoms with E-state index in [1.54, 1.807) is 13.0 Å². The van der Waals surface area contributed by atoms with Crippen molar-refractivity contribution >= 4 is 11.8 Å². The molecule has 1 saturated heterocycles. The molecule has 0 bridgehead atoms. The first kappa shape index (κ1) is 9.70. The third-order valence-electron chi connectivity index (χ3n) is 2.24. The Morgan fingerprint density at radius 3 is 3.13 bits per heavy atom. The second-order valence-electron chi connectivity index (χ2n) is 3.47. The maximum Gasteiger partial charge on any atom is 0.245 e. The van der Waals surface area contributed by atoms with Crippen LogP contribution < -0.4 is 5.32 Å². The van der Waals surface area contributed by atoms with E-state index >= 15 is 0 Å².